The van der Waals surface area contributed by atoms with Gasteiger partial charge in [-0.25, -0.2) is 4.85 Å². The first-order valence-corrected chi connectivity index (χ1v) is 18.3. The maximum absolute atomic E-state index is 7.89. The van der Waals surface area contributed by atoms with Crippen molar-refractivity contribution in [3.8, 4) is 11.1 Å². The molecule has 1 aliphatic rings. The largest absolute Gasteiger partial charge is 0.456 e. The first-order chi connectivity index (χ1) is 26.5. The molecule has 0 radical (unpaired) electrons. The Hall–Kier alpha value is -7.09. The van der Waals surface area contributed by atoms with Gasteiger partial charge < -0.3 is 14.2 Å². The van der Waals surface area contributed by atoms with Crippen LogP contribution in [0, 0.1) is 6.57 Å². The molecule has 8 aromatic carbocycles. The van der Waals surface area contributed by atoms with E-state index in [-0.39, 0.29) is 5.41 Å². The molecule has 0 atom stereocenters. The molecule has 0 bridgehead atoms. The molecular formula is C50H35N3O. The van der Waals surface area contributed by atoms with Crippen molar-refractivity contribution in [3.05, 3.63) is 198 Å². The second-order valence-corrected chi connectivity index (χ2v) is 14.4. The lowest BCUT2D eigenvalue weighted by atomic mass is 9.80. The number of rotatable bonds is 6. The fourth-order valence-corrected chi connectivity index (χ4v) is 8.61. The number of anilines is 6. The Morgan fingerprint density at radius 1 is 0.463 bits per heavy atom. The first-order valence-electron chi connectivity index (χ1n) is 18.3. The fraction of sp³-hybridized carbons (Fsp3) is 0.0600. The average Bonchev–Trinajstić information content (AvgIpc) is 3.70. The van der Waals surface area contributed by atoms with Gasteiger partial charge in [-0.2, -0.15) is 0 Å². The number of para-hydroxylation sites is 4. The Balaban J connectivity index is 1.16. The van der Waals surface area contributed by atoms with Crippen LogP contribution in [0.5, 0.6) is 0 Å². The van der Waals surface area contributed by atoms with Gasteiger partial charge in [0.05, 0.1) is 17.9 Å². The average molecular weight is 694 g/mol. The fourth-order valence-electron chi connectivity index (χ4n) is 8.61. The summed E-state index contributed by atoms with van der Waals surface area (Å²) >= 11 is 0. The molecular weight excluding hydrogens is 659 g/mol. The van der Waals surface area contributed by atoms with E-state index in [9.17, 15) is 0 Å². The van der Waals surface area contributed by atoms with Crippen LogP contribution in [-0.4, -0.2) is 0 Å². The Kier molecular flexibility index (Phi) is 7.18. The number of benzene rings is 8. The molecule has 0 amide bonds. The first kappa shape index (κ1) is 31.6. The molecule has 256 valence electrons. The molecule has 0 N–H and O–H groups in total. The topological polar surface area (TPSA) is 24.0 Å². The number of nitrogens with zero attached hydrogens (tertiary/aromatic N) is 3. The summed E-state index contributed by atoms with van der Waals surface area (Å²) in [5.74, 6) is 0. The van der Waals surface area contributed by atoms with Crippen molar-refractivity contribution >= 4 is 72.5 Å². The van der Waals surface area contributed by atoms with Gasteiger partial charge in [-0.1, -0.05) is 117 Å². The zero-order valence-electron chi connectivity index (χ0n) is 30.0. The highest BCUT2D eigenvalue weighted by Gasteiger charge is 2.38. The monoisotopic (exact) mass is 693 g/mol. The zero-order valence-corrected chi connectivity index (χ0v) is 30.0. The molecule has 9 aromatic rings. The van der Waals surface area contributed by atoms with Gasteiger partial charge in [0, 0.05) is 50.4 Å². The van der Waals surface area contributed by atoms with Crippen molar-refractivity contribution in [2.45, 2.75) is 19.3 Å². The van der Waals surface area contributed by atoms with E-state index in [1.54, 1.807) is 0 Å². The summed E-state index contributed by atoms with van der Waals surface area (Å²) in [7, 11) is 0. The van der Waals surface area contributed by atoms with Gasteiger partial charge in [0.2, 0.25) is 5.69 Å². The van der Waals surface area contributed by atoms with Gasteiger partial charge in [0.15, 0.2) is 0 Å². The molecule has 0 spiro atoms. The molecule has 4 heteroatoms. The molecule has 0 saturated heterocycles. The minimum Gasteiger partial charge on any atom is -0.456 e. The van der Waals surface area contributed by atoms with E-state index in [1.807, 2.05) is 42.5 Å². The minimum absolute atomic E-state index is 0.122. The molecule has 0 unspecified atom stereocenters. The van der Waals surface area contributed by atoms with Crippen LogP contribution in [0.25, 0.3) is 48.7 Å². The number of fused-ring (bicyclic) bond motifs is 8. The lowest BCUT2D eigenvalue weighted by Crippen LogP contribution is -2.16. The van der Waals surface area contributed by atoms with Gasteiger partial charge in [0.25, 0.3) is 0 Å². The molecule has 10 rings (SSSR count). The van der Waals surface area contributed by atoms with Crippen LogP contribution < -0.4 is 9.80 Å². The summed E-state index contributed by atoms with van der Waals surface area (Å²) in [6.07, 6.45) is 0. The van der Waals surface area contributed by atoms with Crippen LogP contribution in [0.1, 0.15) is 25.0 Å². The zero-order chi connectivity index (χ0) is 36.4. The Labute approximate surface area is 314 Å². The van der Waals surface area contributed by atoms with E-state index >= 15 is 0 Å². The smallest absolute Gasteiger partial charge is 0.210 e. The third-order valence-corrected chi connectivity index (χ3v) is 11.0. The maximum Gasteiger partial charge on any atom is 0.210 e. The molecule has 54 heavy (non-hydrogen) atoms. The van der Waals surface area contributed by atoms with Gasteiger partial charge in [-0.3, -0.25) is 0 Å². The van der Waals surface area contributed by atoms with Crippen LogP contribution >= 0.6 is 0 Å². The molecule has 0 saturated carbocycles. The van der Waals surface area contributed by atoms with Crippen molar-refractivity contribution in [2.24, 2.45) is 0 Å². The van der Waals surface area contributed by atoms with Gasteiger partial charge in [-0.15, -0.1) is 0 Å². The summed E-state index contributed by atoms with van der Waals surface area (Å²) < 4.78 is 6.60. The van der Waals surface area contributed by atoms with Crippen molar-refractivity contribution in [1.29, 1.82) is 0 Å². The van der Waals surface area contributed by atoms with Crippen molar-refractivity contribution in [2.75, 3.05) is 9.80 Å². The SMILES string of the molecule is [C-]#[N+]c1ccccc1N(c1ccccc1)c1ccc2c(c1)oc1ccc(N(c3ccccc3)c3cc4c(c5ccccc35)C(C)(C)c3ccccc3-4)cc12. The van der Waals surface area contributed by atoms with Crippen LogP contribution in [0.3, 0.4) is 0 Å². The van der Waals surface area contributed by atoms with Crippen LogP contribution in [-0.2, 0) is 5.41 Å². The second kappa shape index (κ2) is 12.3. The van der Waals surface area contributed by atoms with E-state index in [1.165, 1.54) is 33.0 Å². The van der Waals surface area contributed by atoms with Crippen LogP contribution in [0.2, 0.25) is 0 Å². The third kappa shape index (κ3) is 4.83. The predicted octanol–water partition coefficient (Wildman–Crippen LogP) is 14.5. The van der Waals surface area contributed by atoms with Gasteiger partial charge in [-0.05, 0) is 94.4 Å². The molecule has 4 nitrogen and oxygen atoms in total. The maximum atomic E-state index is 7.89. The highest BCUT2D eigenvalue weighted by atomic mass is 16.3. The predicted molar refractivity (Wildman–Crippen MR) is 224 cm³/mol. The quantitative estimate of drug-likeness (QED) is 0.162. The number of hydrogen-bond donors (Lipinski definition) is 0. The van der Waals surface area contributed by atoms with E-state index in [0.29, 0.717) is 5.69 Å². The van der Waals surface area contributed by atoms with Crippen molar-refractivity contribution < 1.29 is 4.42 Å². The molecule has 1 aromatic heterocycles. The van der Waals surface area contributed by atoms with Crippen molar-refractivity contribution in [3.63, 3.8) is 0 Å². The van der Waals surface area contributed by atoms with Crippen molar-refractivity contribution in [1.82, 2.24) is 0 Å². The number of hydrogen-bond acceptors (Lipinski definition) is 3. The van der Waals surface area contributed by atoms with E-state index in [2.05, 4.69) is 162 Å². The summed E-state index contributed by atoms with van der Waals surface area (Å²) in [4.78, 5) is 8.37. The molecule has 0 aliphatic heterocycles. The number of furan rings is 1. The minimum atomic E-state index is -0.122. The third-order valence-electron chi connectivity index (χ3n) is 11.0. The van der Waals surface area contributed by atoms with Gasteiger partial charge in [0.1, 0.15) is 11.2 Å². The summed E-state index contributed by atoms with van der Waals surface area (Å²) in [5.41, 5.74) is 13.4. The van der Waals surface area contributed by atoms with E-state index in [0.717, 1.165) is 56.1 Å². The Bertz CT molecular complexity index is 2940. The van der Waals surface area contributed by atoms with Crippen LogP contribution in [0.4, 0.5) is 39.8 Å². The highest BCUT2D eigenvalue weighted by Crippen LogP contribution is 2.54. The van der Waals surface area contributed by atoms with E-state index < -0.39 is 0 Å². The van der Waals surface area contributed by atoms with Gasteiger partial charge >= 0.3 is 0 Å². The van der Waals surface area contributed by atoms with Crippen LogP contribution in [0.15, 0.2) is 180 Å². The second-order valence-electron chi connectivity index (χ2n) is 14.4. The van der Waals surface area contributed by atoms with E-state index in [4.69, 9.17) is 11.0 Å². The summed E-state index contributed by atoms with van der Waals surface area (Å²) in [6.45, 7) is 12.6. The lowest BCUT2D eigenvalue weighted by Gasteiger charge is -2.29. The molecule has 1 aliphatic carbocycles. The summed E-state index contributed by atoms with van der Waals surface area (Å²) in [6, 6.07) is 61.6. The molecule has 0 fully saturated rings. The molecule has 1 heterocycles. The lowest BCUT2D eigenvalue weighted by molar-refractivity contribution is 0.666. The highest BCUT2D eigenvalue weighted by molar-refractivity contribution is 6.10. The standard InChI is InChI=1S/C50H35N3O/c1-50(2)43-23-13-12-20-37(43)42-32-46(38-21-10-11-22-40(38)49(42)50)53(34-18-8-5-9-19-34)35-27-29-47-41(30-35)39-28-26-36(31-48(39)54-47)52(33-16-6-4-7-17-33)45-25-15-14-24-44(45)51-3/h4-32H,1-2H3. The Morgan fingerprint density at radius 2 is 1.07 bits per heavy atom. The Morgan fingerprint density at radius 3 is 1.83 bits per heavy atom. The summed E-state index contributed by atoms with van der Waals surface area (Å²) in [5, 5.41) is 4.56. The normalized spacial score (nSPS) is 12.8.